The average molecular weight is 642 g/mol. The quantitative estimate of drug-likeness (QED) is 0.0905. The lowest BCUT2D eigenvalue weighted by molar-refractivity contribution is -0.704. The van der Waals surface area contributed by atoms with E-state index in [-0.39, 0.29) is 0 Å². The van der Waals surface area contributed by atoms with E-state index in [1.807, 2.05) is 0 Å². The Kier molecular flexibility index (Phi) is 10.9. The van der Waals surface area contributed by atoms with Gasteiger partial charge in [-0.05, 0) is 59.3 Å². The van der Waals surface area contributed by atoms with E-state index in [2.05, 4.69) is 181 Å². The fourth-order valence-electron chi connectivity index (χ4n) is 6.64. The molecule has 3 aromatic carbocycles. The average Bonchev–Trinajstić information content (AvgIpc) is 3.23. The van der Waals surface area contributed by atoms with E-state index in [0.717, 1.165) is 0 Å². The highest BCUT2D eigenvalue weighted by atomic mass is 31.4. The van der Waals surface area contributed by atoms with Crippen LogP contribution in [-0.4, -0.2) is 21.4 Å². The summed E-state index contributed by atoms with van der Waals surface area (Å²) in [4.78, 5) is 0. The summed E-state index contributed by atoms with van der Waals surface area (Å²) >= 11 is 0. The van der Waals surface area contributed by atoms with Gasteiger partial charge in [-0.15, -0.1) is 0 Å². The van der Waals surface area contributed by atoms with Gasteiger partial charge in [0.1, 0.15) is 25.1 Å². The minimum absolute atomic E-state index is 0.362. The Morgan fingerprint density at radius 2 is 1.14 bits per heavy atom. The van der Waals surface area contributed by atoms with Crippen molar-refractivity contribution in [3.8, 4) is 0 Å². The van der Waals surface area contributed by atoms with Crippen LogP contribution >= 0.6 is 7.47 Å². The summed E-state index contributed by atoms with van der Waals surface area (Å²) in [5, 5.41) is 2.95. The molecule has 0 radical (unpaired) electrons. The van der Waals surface area contributed by atoms with Crippen LogP contribution in [0, 0.1) is 13.8 Å². The molecule has 4 aromatic rings. The van der Waals surface area contributed by atoms with E-state index >= 15 is 0 Å². The predicted molar refractivity (Wildman–Crippen MR) is 200 cm³/mol. The summed E-state index contributed by atoms with van der Waals surface area (Å²) in [5.41, 5.74) is 8.85. The van der Waals surface area contributed by atoms with Crippen molar-refractivity contribution in [2.75, 3.05) is 4.23 Å². The van der Waals surface area contributed by atoms with E-state index in [1.165, 1.54) is 38.8 Å². The van der Waals surface area contributed by atoms with Crippen molar-refractivity contribution < 1.29 is 4.57 Å². The fraction of sp³-hybridized carbons (Fsp3) is 0.447. The molecule has 44 heavy (non-hydrogen) atoms. The first-order chi connectivity index (χ1) is 20.7. The molecule has 0 saturated carbocycles. The molecule has 0 spiro atoms. The first kappa shape index (κ1) is 34.4. The van der Waals surface area contributed by atoms with Crippen LogP contribution in [0.5, 0.6) is 0 Å². The van der Waals surface area contributed by atoms with Gasteiger partial charge in [0.2, 0.25) is 0 Å². The molecular formula is C38H56N3PSi2. The molecule has 0 amide bonds. The highest BCUT2D eigenvalue weighted by Crippen LogP contribution is 2.46. The molecule has 236 valence electrons. The maximum Gasteiger partial charge on any atom is 0.140 e. The van der Waals surface area contributed by atoms with Gasteiger partial charge in [-0.3, -0.25) is 9.13 Å². The van der Waals surface area contributed by atoms with Gasteiger partial charge in [0.05, 0.1) is 12.1 Å². The molecule has 0 aliphatic heterocycles. The Labute approximate surface area is 272 Å². The summed E-state index contributed by atoms with van der Waals surface area (Å²) < 4.78 is 8.55. The third-order valence-electron chi connectivity index (χ3n) is 8.62. The van der Waals surface area contributed by atoms with E-state index < -0.39 is 24.3 Å². The Morgan fingerprint density at radius 3 is 1.50 bits per heavy atom. The number of aromatic nitrogens is 2. The zero-order valence-corrected chi connectivity index (χ0v) is 32.5. The predicted octanol–water partition coefficient (Wildman–Crippen LogP) is 8.97. The maximum absolute atomic E-state index is 3.10. The molecule has 0 aliphatic carbocycles. The van der Waals surface area contributed by atoms with Gasteiger partial charge < -0.3 is 4.23 Å². The number of nitrogens with zero attached hydrogens (tertiary/aromatic N) is 3. The molecule has 1 aromatic heterocycles. The third kappa shape index (κ3) is 6.71. The van der Waals surface area contributed by atoms with Gasteiger partial charge >= 0.3 is 0 Å². The topological polar surface area (TPSA) is 12.1 Å². The van der Waals surface area contributed by atoms with Gasteiger partial charge in [-0.1, -0.05) is 137 Å². The van der Waals surface area contributed by atoms with Crippen LogP contribution in [0.1, 0.15) is 102 Å². The van der Waals surface area contributed by atoms with Gasteiger partial charge in [0, 0.05) is 19.5 Å². The van der Waals surface area contributed by atoms with E-state index in [9.17, 15) is 0 Å². The zero-order chi connectivity index (χ0) is 32.5. The van der Waals surface area contributed by atoms with Crippen molar-refractivity contribution in [3.63, 3.8) is 0 Å². The smallest absolute Gasteiger partial charge is 0.140 e. The van der Waals surface area contributed by atoms with Crippen LogP contribution in [0.25, 0.3) is 0 Å². The number of hydrogen-bond donors (Lipinski definition) is 0. The normalized spacial score (nSPS) is 12.3. The Hall–Kier alpha value is -2.47. The molecule has 0 bridgehead atoms. The van der Waals surface area contributed by atoms with Crippen molar-refractivity contribution in [1.82, 2.24) is 4.57 Å². The van der Waals surface area contributed by atoms with Crippen LogP contribution in [0.2, 0.25) is 19.6 Å². The first-order valence-corrected chi connectivity index (χ1v) is 23.6. The number of anilines is 1. The molecule has 0 aliphatic rings. The molecule has 0 saturated heterocycles. The van der Waals surface area contributed by atoms with Crippen molar-refractivity contribution in [2.45, 2.75) is 113 Å². The van der Waals surface area contributed by atoms with E-state index in [0.29, 0.717) is 23.9 Å². The number of imidazole rings is 1. The van der Waals surface area contributed by atoms with E-state index in [4.69, 9.17) is 0 Å². The highest BCUT2D eigenvalue weighted by Gasteiger charge is 2.38. The number of para-hydroxylation sites is 1. The third-order valence-corrected chi connectivity index (χ3v) is 21.0. The summed E-state index contributed by atoms with van der Waals surface area (Å²) in [6.45, 7) is 31.5. The fourth-order valence-corrected chi connectivity index (χ4v) is 22.6. The lowest BCUT2D eigenvalue weighted by atomic mass is 9.93. The second-order valence-electron chi connectivity index (χ2n) is 14.4. The molecule has 0 unspecified atom stereocenters. The monoisotopic (exact) mass is 641 g/mol. The van der Waals surface area contributed by atoms with Gasteiger partial charge in [-0.25, -0.2) is 0 Å². The number of rotatable bonds is 11. The molecule has 0 fully saturated rings. The Morgan fingerprint density at radius 1 is 0.682 bits per heavy atom. The van der Waals surface area contributed by atoms with Gasteiger partial charge in [-0.2, -0.15) is 7.47 Å². The molecule has 0 atom stereocenters. The zero-order valence-electron chi connectivity index (χ0n) is 29.6. The van der Waals surface area contributed by atoms with Crippen molar-refractivity contribution >= 4 is 46.1 Å². The van der Waals surface area contributed by atoms with Crippen LogP contribution < -0.4 is 24.9 Å². The number of hydrogen-bond acceptors (Lipinski definition) is 1. The van der Waals surface area contributed by atoms with Crippen molar-refractivity contribution in [3.05, 3.63) is 101 Å². The molecule has 6 heteroatoms. The van der Waals surface area contributed by atoms with Gasteiger partial charge in [0.25, 0.3) is 0 Å². The Balaban J connectivity index is 2.30. The van der Waals surface area contributed by atoms with Crippen LogP contribution in [0.4, 0.5) is 5.69 Å². The summed E-state index contributed by atoms with van der Waals surface area (Å²) in [7, 11) is -4.24. The van der Waals surface area contributed by atoms with Crippen LogP contribution in [0.15, 0.2) is 78.9 Å². The van der Waals surface area contributed by atoms with Gasteiger partial charge in [0.15, 0.2) is 0 Å². The molecule has 3 nitrogen and oxygen atoms in total. The largest absolute Gasteiger partial charge is 0.542 e. The van der Waals surface area contributed by atoms with Crippen LogP contribution in [0.3, 0.4) is 0 Å². The van der Waals surface area contributed by atoms with Crippen LogP contribution in [-0.2, 0) is 0 Å². The summed E-state index contributed by atoms with van der Waals surface area (Å²) in [5.74, 6) is 0.867. The molecule has 0 N–H and O–H groups in total. The second kappa shape index (κ2) is 13.9. The lowest BCUT2D eigenvalue weighted by Crippen LogP contribution is -2.70. The number of benzene rings is 3. The summed E-state index contributed by atoms with van der Waals surface area (Å²) in [6.07, 6.45) is 0. The molecular weight excluding hydrogens is 586 g/mol. The van der Waals surface area contributed by atoms with Crippen molar-refractivity contribution in [1.29, 1.82) is 0 Å². The molecule has 1 heterocycles. The minimum atomic E-state index is -2.01. The SMILES string of the molecule is Cc1c(C)[n+](C(C)C)c([Si-](N(c2c(C(C)C)cccc2C(C)C)[Si](C)(C)C)P(c2ccccc2)c2ccccc2)n1C(C)C. The maximum atomic E-state index is 3.10. The Bertz CT molecular complexity index is 1440. The standard InChI is InChI=1S/C38H56N3PSi2/c1-27(2)35-25-20-26-36(28(3)4)37(35)41(44(11,12)13)43(38-39(29(5)6)31(9)32(10)40(38)30(7)8)42(33-21-16-14-17-22-33)34-23-18-15-19-24-34/h14-30H,1-13H3. The minimum Gasteiger partial charge on any atom is -0.542 e. The highest BCUT2D eigenvalue weighted by molar-refractivity contribution is 8.03. The molecule has 4 rings (SSSR count). The van der Waals surface area contributed by atoms with Crippen molar-refractivity contribution in [2.24, 2.45) is 0 Å². The second-order valence-corrected chi connectivity index (χ2v) is 25.4. The first-order valence-electron chi connectivity index (χ1n) is 16.5. The lowest BCUT2D eigenvalue weighted by Gasteiger charge is -2.57. The van der Waals surface area contributed by atoms with E-state index in [1.54, 1.807) is 5.45 Å². The summed E-state index contributed by atoms with van der Waals surface area (Å²) in [6, 6.07) is 30.9.